The highest BCUT2D eigenvalue weighted by molar-refractivity contribution is 5.76. The Bertz CT molecular complexity index is 1210. The third kappa shape index (κ3) is 57.1. The molecule has 0 spiro atoms. The van der Waals surface area contributed by atoms with Crippen LogP contribution in [0, 0.1) is 0 Å². The Morgan fingerprint density at radius 1 is 0.389 bits per heavy atom. The molecule has 0 aliphatic heterocycles. The Labute approximate surface area is 448 Å². The Kier molecular flexibility index (Phi) is 59.5. The molecule has 0 saturated carbocycles. The van der Waals surface area contributed by atoms with Crippen molar-refractivity contribution in [2.75, 3.05) is 13.2 Å². The first-order valence-electron chi connectivity index (χ1n) is 31.9. The molecule has 0 fully saturated rings. The molecule has 0 aromatic carbocycles. The minimum absolute atomic E-state index is 0.000232. The maximum atomic E-state index is 12.5. The van der Waals surface area contributed by atoms with Crippen molar-refractivity contribution in [3.8, 4) is 0 Å². The largest absolute Gasteiger partial charge is 0.466 e. The summed E-state index contributed by atoms with van der Waals surface area (Å²) in [7, 11) is 0. The number of carbonyl (C=O) groups is 2. The molecular weight excluding hydrogens is 887 g/mol. The summed E-state index contributed by atoms with van der Waals surface area (Å²) >= 11 is 0. The van der Waals surface area contributed by atoms with Gasteiger partial charge >= 0.3 is 5.97 Å². The fourth-order valence-corrected chi connectivity index (χ4v) is 9.66. The molecule has 0 bridgehead atoms. The maximum Gasteiger partial charge on any atom is 0.305 e. The Morgan fingerprint density at radius 2 is 0.694 bits per heavy atom. The van der Waals surface area contributed by atoms with Crippen LogP contribution >= 0.6 is 0 Å². The average molecular weight is 1010 g/mol. The average Bonchev–Trinajstić information content (AvgIpc) is 3.38. The maximum absolute atomic E-state index is 12.5. The summed E-state index contributed by atoms with van der Waals surface area (Å²) in [5.41, 5.74) is 0. The van der Waals surface area contributed by atoms with Crippen LogP contribution in [0.15, 0.2) is 48.6 Å². The van der Waals surface area contributed by atoms with Gasteiger partial charge in [0.15, 0.2) is 0 Å². The van der Waals surface area contributed by atoms with Gasteiger partial charge in [0, 0.05) is 12.8 Å². The van der Waals surface area contributed by atoms with Gasteiger partial charge in [-0.1, -0.05) is 281 Å². The molecule has 0 heterocycles. The standard InChI is InChI=1S/C66H123NO5/c1-3-5-7-9-11-13-15-17-19-31-34-38-42-46-50-54-58-64(69)63(62-68)67-65(70)59-55-51-47-43-39-35-32-29-27-25-23-21-20-22-24-26-28-30-33-37-41-45-49-53-57-61-72-66(71)60-56-52-48-44-40-36-18-16-14-12-10-8-6-4-2/h16,18,21-24,54,58,63-64,68-69H,3-15,17,19-20,25-53,55-57,59-62H2,1-2H3,(H,67,70)/b18-16-,23-21-,24-22-,58-54+. The van der Waals surface area contributed by atoms with E-state index in [-0.39, 0.29) is 18.5 Å². The molecule has 2 unspecified atom stereocenters. The van der Waals surface area contributed by atoms with Gasteiger partial charge in [-0.15, -0.1) is 0 Å². The number of aliphatic hydroxyl groups excluding tert-OH is 2. The lowest BCUT2D eigenvalue weighted by Gasteiger charge is -2.20. The first-order valence-corrected chi connectivity index (χ1v) is 31.9. The van der Waals surface area contributed by atoms with E-state index >= 15 is 0 Å². The van der Waals surface area contributed by atoms with E-state index in [1.54, 1.807) is 6.08 Å². The quantitative estimate of drug-likeness (QED) is 0.0320. The molecule has 0 aliphatic carbocycles. The van der Waals surface area contributed by atoms with E-state index < -0.39 is 12.1 Å². The van der Waals surface area contributed by atoms with Crippen LogP contribution in [0.1, 0.15) is 335 Å². The second-order valence-corrected chi connectivity index (χ2v) is 21.7. The van der Waals surface area contributed by atoms with Crippen molar-refractivity contribution in [2.45, 2.75) is 347 Å². The van der Waals surface area contributed by atoms with Gasteiger partial charge in [0.05, 0.1) is 25.4 Å². The van der Waals surface area contributed by atoms with Crippen LogP contribution < -0.4 is 5.32 Å². The number of ether oxygens (including phenoxy) is 1. The zero-order valence-electron chi connectivity index (χ0n) is 48.2. The smallest absolute Gasteiger partial charge is 0.305 e. The van der Waals surface area contributed by atoms with Crippen molar-refractivity contribution in [1.82, 2.24) is 5.32 Å². The fraction of sp³-hybridized carbons (Fsp3) is 0.848. The molecule has 6 nitrogen and oxygen atoms in total. The van der Waals surface area contributed by atoms with Gasteiger partial charge in [0.25, 0.3) is 0 Å². The molecule has 72 heavy (non-hydrogen) atoms. The lowest BCUT2D eigenvalue weighted by atomic mass is 10.0. The van der Waals surface area contributed by atoms with Crippen molar-refractivity contribution in [3.63, 3.8) is 0 Å². The van der Waals surface area contributed by atoms with E-state index in [0.29, 0.717) is 19.4 Å². The van der Waals surface area contributed by atoms with E-state index in [9.17, 15) is 19.8 Å². The van der Waals surface area contributed by atoms with Gasteiger partial charge in [0.1, 0.15) is 0 Å². The molecule has 0 saturated heterocycles. The number of rotatable bonds is 59. The number of esters is 1. The highest BCUT2D eigenvalue weighted by Crippen LogP contribution is 2.17. The monoisotopic (exact) mass is 1010 g/mol. The SMILES string of the molecule is CCCCCCC/C=C\CCCCCCCC(=O)OCCCCCCCCCCC/C=C\C/C=C\CCCCCCCCCCCC(=O)NC(CO)C(O)/C=C/CCCCCCCCCCCCCCCC. The van der Waals surface area contributed by atoms with Gasteiger partial charge in [-0.25, -0.2) is 0 Å². The number of allylic oxidation sites excluding steroid dienone is 7. The zero-order chi connectivity index (χ0) is 52.2. The number of hydrogen-bond acceptors (Lipinski definition) is 5. The molecule has 422 valence electrons. The third-order valence-corrected chi connectivity index (χ3v) is 14.6. The van der Waals surface area contributed by atoms with E-state index in [1.807, 2.05) is 6.08 Å². The molecule has 1 amide bonds. The van der Waals surface area contributed by atoms with Crippen LogP contribution in [-0.2, 0) is 14.3 Å². The van der Waals surface area contributed by atoms with Crippen molar-refractivity contribution >= 4 is 11.9 Å². The van der Waals surface area contributed by atoms with Gasteiger partial charge in [0.2, 0.25) is 5.91 Å². The second-order valence-electron chi connectivity index (χ2n) is 21.7. The van der Waals surface area contributed by atoms with Crippen LogP contribution in [0.3, 0.4) is 0 Å². The predicted molar refractivity (Wildman–Crippen MR) is 315 cm³/mol. The molecule has 0 rings (SSSR count). The summed E-state index contributed by atoms with van der Waals surface area (Å²) in [6.45, 7) is 4.90. The molecule has 0 radical (unpaired) electrons. The number of hydrogen-bond donors (Lipinski definition) is 3. The summed E-state index contributed by atoms with van der Waals surface area (Å²) in [6, 6.07) is -0.633. The van der Waals surface area contributed by atoms with Crippen LogP contribution in [-0.4, -0.2) is 47.4 Å². The van der Waals surface area contributed by atoms with E-state index in [2.05, 4.69) is 55.6 Å². The summed E-state index contributed by atoms with van der Waals surface area (Å²) < 4.78 is 5.47. The molecule has 3 N–H and O–H groups in total. The number of nitrogens with one attached hydrogen (secondary N) is 1. The number of amides is 1. The lowest BCUT2D eigenvalue weighted by Crippen LogP contribution is -2.45. The van der Waals surface area contributed by atoms with E-state index in [4.69, 9.17) is 4.74 Å². The molecule has 0 aliphatic rings. The van der Waals surface area contributed by atoms with Crippen LogP contribution in [0.2, 0.25) is 0 Å². The Balaban J connectivity index is 3.46. The molecule has 0 aromatic rings. The van der Waals surface area contributed by atoms with E-state index in [1.165, 1.54) is 257 Å². The van der Waals surface area contributed by atoms with Crippen molar-refractivity contribution in [1.29, 1.82) is 0 Å². The first-order chi connectivity index (χ1) is 35.5. The van der Waals surface area contributed by atoms with Crippen LogP contribution in [0.4, 0.5) is 0 Å². The summed E-state index contributed by atoms with van der Waals surface area (Å²) in [6.07, 6.45) is 78.7. The van der Waals surface area contributed by atoms with Gasteiger partial charge in [-0.2, -0.15) is 0 Å². The lowest BCUT2D eigenvalue weighted by molar-refractivity contribution is -0.143. The van der Waals surface area contributed by atoms with Crippen LogP contribution in [0.25, 0.3) is 0 Å². The second kappa shape index (κ2) is 61.4. The summed E-state index contributed by atoms with van der Waals surface area (Å²) in [4.78, 5) is 24.5. The molecule has 0 aromatic heterocycles. The predicted octanol–water partition coefficient (Wildman–Crippen LogP) is 20.1. The third-order valence-electron chi connectivity index (χ3n) is 14.6. The number of unbranched alkanes of at least 4 members (excludes halogenated alkanes) is 42. The molecule has 6 heteroatoms. The summed E-state index contributed by atoms with van der Waals surface area (Å²) in [5, 5.41) is 23.1. The summed E-state index contributed by atoms with van der Waals surface area (Å²) in [5.74, 6) is -0.0734. The topological polar surface area (TPSA) is 95.9 Å². The zero-order valence-corrected chi connectivity index (χ0v) is 48.2. The molecular formula is C66H123NO5. The van der Waals surface area contributed by atoms with E-state index in [0.717, 1.165) is 51.4 Å². The Morgan fingerprint density at radius 3 is 1.07 bits per heavy atom. The van der Waals surface area contributed by atoms with Gasteiger partial charge in [-0.05, 0) is 89.9 Å². The minimum Gasteiger partial charge on any atom is -0.466 e. The highest BCUT2D eigenvalue weighted by atomic mass is 16.5. The number of carbonyl (C=O) groups excluding carboxylic acids is 2. The van der Waals surface area contributed by atoms with Crippen LogP contribution in [0.5, 0.6) is 0 Å². The van der Waals surface area contributed by atoms with Crippen molar-refractivity contribution in [2.24, 2.45) is 0 Å². The Hall–Kier alpha value is -2.18. The normalized spacial score (nSPS) is 12.9. The fourth-order valence-electron chi connectivity index (χ4n) is 9.66. The van der Waals surface area contributed by atoms with Crippen molar-refractivity contribution in [3.05, 3.63) is 48.6 Å². The highest BCUT2D eigenvalue weighted by Gasteiger charge is 2.18. The van der Waals surface area contributed by atoms with Gasteiger partial charge in [-0.3, -0.25) is 9.59 Å². The number of aliphatic hydroxyl groups is 2. The van der Waals surface area contributed by atoms with Crippen molar-refractivity contribution < 1.29 is 24.5 Å². The molecule has 2 atom stereocenters. The minimum atomic E-state index is -0.849. The first kappa shape index (κ1) is 69.8. The van der Waals surface area contributed by atoms with Gasteiger partial charge < -0.3 is 20.3 Å².